The van der Waals surface area contributed by atoms with Gasteiger partial charge in [-0.3, -0.25) is 0 Å². The van der Waals surface area contributed by atoms with Gasteiger partial charge in [0.05, 0.1) is 5.52 Å². The first-order chi connectivity index (χ1) is 9.20. The molecule has 1 aromatic heterocycles. The standard InChI is InChI=1S/C15H20N4/c1-15(16-2)7-9-19(10-8-15)14-17-11-12-5-3-4-6-13(12)18-14/h3-6,11,16H,7-10H2,1-2H3. The van der Waals surface area contributed by atoms with Crippen LogP contribution in [-0.2, 0) is 0 Å². The Morgan fingerprint density at radius 1 is 1.21 bits per heavy atom. The van der Waals surface area contributed by atoms with Crippen LogP contribution in [-0.4, -0.2) is 35.6 Å². The summed E-state index contributed by atoms with van der Waals surface area (Å²) in [5, 5.41) is 4.51. The maximum absolute atomic E-state index is 4.67. The molecule has 19 heavy (non-hydrogen) atoms. The highest BCUT2D eigenvalue weighted by Crippen LogP contribution is 2.24. The minimum Gasteiger partial charge on any atom is -0.341 e. The third-order valence-corrected chi connectivity index (χ3v) is 4.23. The number of hydrogen-bond donors (Lipinski definition) is 1. The van der Waals surface area contributed by atoms with Gasteiger partial charge < -0.3 is 10.2 Å². The lowest BCUT2D eigenvalue weighted by Gasteiger charge is -2.39. The van der Waals surface area contributed by atoms with Crippen molar-refractivity contribution in [1.29, 1.82) is 0 Å². The van der Waals surface area contributed by atoms with Crippen molar-refractivity contribution >= 4 is 16.9 Å². The Morgan fingerprint density at radius 2 is 1.95 bits per heavy atom. The number of nitrogens with zero attached hydrogens (tertiary/aromatic N) is 3. The van der Waals surface area contributed by atoms with E-state index in [1.807, 2.05) is 37.5 Å². The van der Waals surface area contributed by atoms with E-state index < -0.39 is 0 Å². The monoisotopic (exact) mass is 256 g/mol. The second kappa shape index (κ2) is 4.78. The van der Waals surface area contributed by atoms with Crippen LogP contribution in [0.3, 0.4) is 0 Å². The van der Waals surface area contributed by atoms with E-state index in [-0.39, 0.29) is 5.54 Å². The zero-order valence-electron chi connectivity index (χ0n) is 11.6. The summed E-state index contributed by atoms with van der Waals surface area (Å²) < 4.78 is 0. The Bertz CT molecular complexity index is 573. The van der Waals surface area contributed by atoms with Gasteiger partial charge in [-0.15, -0.1) is 0 Å². The van der Waals surface area contributed by atoms with Crippen LogP contribution in [0.25, 0.3) is 10.9 Å². The van der Waals surface area contributed by atoms with Crippen molar-refractivity contribution in [2.24, 2.45) is 0 Å². The molecule has 4 heteroatoms. The van der Waals surface area contributed by atoms with Gasteiger partial charge in [0.1, 0.15) is 0 Å². The molecule has 1 N–H and O–H groups in total. The number of nitrogens with one attached hydrogen (secondary N) is 1. The lowest BCUT2D eigenvalue weighted by atomic mass is 9.90. The Labute approximate surface area is 113 Å². The first-order valence-corrected chi connectivity index (χ1v) is 6.86. The first-order valence-electron chi connectivity index (χ1n) is 6.86. The van der Waals surface area contributed by atoms with Gasteiger partial charge in [-0.25, -0.2) is 9.97 Å². The van der Waals surface area contributed by atoms with E-state index in [4.69, 9.17) is 0 Å². The summed E-state index contributed by atoms with van der Waals surface area (Å²) in [5.41, 5.74) is 1.28. The lowest BCUT2D eigenvalue weighted by Crippen LogP contribution is -2.50. The summed E-state index contributed by atoms with van der Waals surface area (Å²) in [7, 11) is 2.04. The Kier molecular flexibility index (Phi) is 3.11. The van der Waals surface area contributed by atoms with Gasteiger partial charge in [0, 0.05) is 30.2 Å². The van der Waals surface area contributed by atoms with E-state index in [1.54, 1.807) is 0 Å². The summed E-state index contributed by atoms with van der Waals surface area (Å²) >= 11 is 0. The summed E-state index contributed by atoms with van der Waals surface area (Å²) in [5.74, 6) is 0.858. The maximum atomic E-state index is 4.67. The van der Waals surface area contributed by atoms with E-state index in [0.29, 0.717) is 0 Å². The van der Waals surface area contributed by atoms with E-state index >= 15 is 0 Å². The summed E-state index contributed by atoms with van der Waals surface area (Å²) in [4.78, 5) is 11.4. The van der Waals surface area contributed by atoms with E-state index in [0.717, 1.165) is 42.8 Å². The molecule has 100 valence electrons. The van der Waals surface area contributed by atoms with Gasteiger partial charge in [-0.2, -0.15) is 0 Å². The Hall–Kier alpha value is -1.68. The average Bonchev–Trinajstić information content (AvgIpc) is 2.47. The van der Waals surface area contributed by atoms with Crippen molar-refractivity contribution in [3.8, 4) is 0 Å². The zero-order valence-corrected chi connectivity index (χ0v) is 11.6. The summed E-state index contributed by atoms with van der Waals surface area (Å²) in [6, 6.07) is 8.13. The molecule has 1 saturated heterocycles. The van der Waals surface area contributed by atoms with Gasteiger partial charge in [-0.05, 0) is 32.9 Å². The predicted molar refractivity (Wildman–Crippen MR) is 78.4 cm³/mol. The minimum atomic E-state index is 0.257. The second-order valence-corrected chi connectivity index (χ2v) is 5.53. The molecule has 1 aromatic carbocycles. The van der Waals surface area contributed by atoms with E-state index in [9.17, 15) is 0 Å². The molecule has 0 radical (unpaired) electrons. The molecular formula is C15H20N4. The van der Waals surface area contributed by atoms with Crippen LogP contribution < -0.4 is 10.2 Å². The van der Waals surface area contributed by atoms with Crippen LogP contribution in [0.5, 0.6) is 0 Å². The van der Waals surface area contributed by atoms with E-state index in [1.165, 1.54) is 0 Å². The third kappa shape index (κ3) is 2.40. The van der Waals surface area contributed by atoms with Crippen molar-refractivity contribution in [3.63, 3.8) is 0 Å². The molecular weight excluding hydrogens is 236 g/mol. The number of piperidine rings is 1. The van der Waals surface area contributed by atoms with Crippen molar-refractivity contribution < 1.29 is 0 Å². The fraction of sp³-hybridized carbons (Fsp3) is 0.467. The molecule has 2 aromatic rings. The molecule has 0 saturated carbocycles. The summed E-state index contributed by atoms with van der Waals surface area (Å²) in [6.07, 6.45) is 4.17. The van der Waals surface area contributed by atoms with Crippen LogP contribution in [0.15, 0.2) is 30.5 Å². The molecule has 0 bridgehead atoms. The highest BCUT2D eigenvalue weighted by Gasteiger charge is 2.29. The number of aromatic nitrogens is 2. The Balaban J connectivity index is 1.82. The molecule has 1 fully saturated rings. The number of rotatable bonds is 2. The van der Waals surface area contributed by atoms with Gasteiger partial charge in [0.25, 0.3) is 0 Å². The molecule has 4 nitrogen and oxygen atoms in total. The average molecular weight is 256 g/mol. The third-order valence-electron chi connectivity index (χ3n) is 4.23. The summed E-state index contributed by atoms with van der Waals surface area (Å²) in [6.45, 7) is 4.30. The molecule has 1 aliphatic rings. The molecule has 0 spiro atoms. The zero-order chi connectivity index (χ0) is 13.3. The smallest absolute Gasteiger partial charge is 0.225 e. The number of hydrogen-bond acceptors (Lipinski definition) is 4. The first kappa shape index (κ1) is 12.4. The lowest BCUT2D eigenvalue weighted by molar-refractivity contribution is 0.303. The molecule has 1 aliphatic heterocycles. The van der Waals surface area contributed by atoms with Crippen LogP contribution >= 0.6 is 0 Å². The van der Waals surface area contributed by atoms with Crippen LogP contribution in [0.2, 0.25) is 0 Å². The van der Waals surface area contributed by atoms with Gasteiger partial charge >= 0.3 is 0 Å². The maximum Gasteiger partial charge on any atom is 0.225 e. The fourth-order valence-electron chi connectivity index (χ4n) is 2.57. The van der Waals surface area contributed by atoms with Crippen molar-refractivity contribution in [2.45, 2.75) is 25.3 Å². The van der Waals surface area contributed by atoms with Gasteiger partial charge in [0.2, 0.25) is 5.95 Å². The second-order valence-electron chi connectivity index (χ2n) is 5.53. The normalized spacial score (nSPS) is 18.7. The molecule has 0 atom stereocenters. The predicted octanol–water partition coefficient (Wildman–Crippen LogP) is 2.21. The number of anilines is 1. The van der Waals surface area contributed by atoms with Gasteiger partial charge in [0.15, 0.2) is 0 Å². The number of fused-ring (bicyclic) bond motifs is 1. The van der Waals surface area contributed by atoms with E-state index in [2.05, 4.69) is 27.1 Å². The quantitative estimate of drug-likeness (QED) is 0.894. The Morgan fingerprint density at radius 3 is 2.68 bits per heavy atom. The fourth-order valence-corrected chi connectivity index (χ4v) is 2.57. The van der Waals surface area contributed by atoms with Crippen LogP contribution in [0.4, 0.5) is 5.95 Å². The van der Waals surface area contributed by atoms with Crippen LogP contribution in [0, 0.1) is 0 Å². The molecule has 3 rings (SSSR count). The van der Waals surface area contributed by atoms with Crippen molar-refractivity contribution in [2.75, 3.05) is 25.0 Å². The minimum absolute atomic E-state index is 0.257. The SMILES string of the molecule is CNC1(C)CCN(c2ncc3ccccc3n2)CC1. The molecule has 0 aliphatic carbocycles. The molecule has 2 heterocycles. The molecule has 0 amide bonds. The van der Waals surface area contributed by atoms with Gasteiger partial charge in [-0.1, -0.05) is 18.2 Å². The molecule has 0 unspecified atom stereocenters. The number of benzene rings is 1. The number of para-hydroxylation sites is 1. The topological polar surface area (TPSA) is 41.0 Å². The highest BCUT2D eigenvalue weighted by molar-refractivity contribution is 5.78. The highest BCUT2D eigenvalue weighted by atomic mass is 15.3. The van der Waals surface area contributed by atoms with Crippen LogP contribution in [0.1, 0.15) is 19.8 Å². The van der Waals surface area contributed by atoms with Crippen molar-refractivity contribution in [1.82, 2.24) is 15.3 Å². The van der Waals surface area contributed by atoms with Crippen molar-refractivity contribution in [3.05, 3.63) is 30.5 Å². The largest absolute Gasteiger partial charge is 0.341 e.